The van der Waals surface area contributed by atoms with Gasteiger partial charge >= 0.3 is 0 Å². The second-order valence-corrected chi connectivity index (χ2v) is 9.45. The summed E-state index contributed by atoms with van der Waals surface area (Å²) in [5.74, 6) is 5.81. The number of carbonyl (C=O) groups excluding carboxylic acids is 1. The fourth-order valence-corrected chi connectivity index (χ4v) is 4.65. The molecule has 4 aromatic heterocycles. The van der Waals surface area contributed by atoms with Gasteiger partial charge in [-0.1, -0.05) is 42.2 Å². The van der Waals surface area contributed by atoms with Crippen molar-refractivity contribution in [1.82, 2.24) is 34.4 Å². The van der Waals surface area contributed by atoms with Gasteiger partial charge in [-0.15, -0.1) is 5.10 Å². The van der Waals surface area contributed by atoms with Crippen LogP contribution in [0.5, 0.6) is 0 Å². The third-order valence-corrected chi connectivity index (χ3v) is 6.58. The molecule has 0 saturated carbocycles. The molecule has 0 unspecified atom stereocenters. The Bertz CT molecular complexity index is 2050. The molecule has 202 valence electrons. The van der Waals surface area contributed by atoms with Gasteiger partial charge in [-0.25, -0.2) is 14.2 Å². The van der Waals surface area contributed by atoms with Gasteiger partial charge in [0.05, 0.1) is 34.6 Å². The first-order valence-electron chi connectivity index (χ1n) is 12.8. The summed E-state index contributed by atoms with van der Waals surface area (Å²) in [6, 6.07) is 17.8. The highest BCUT2D eigenvalue weighted by Gasteiger charge is 2.23. The highest BCUT2D eigenvalue weighted by atomic mass is 16.2. The highest BCUT2D eigenvalue weighted by Crippen LogP contribution is 2.23. The van der Waals surface area contributed by atoms with Crippen molar-refractivity contribution in [2.24, 2.45) is 7.05 Å². The zero-order valence-corrected chi connectivity index (χ0v) is 22.2. The molecule has 0 aliphatic rings. The topological polar surface area (TPSA) is 137 Å². The third kappa shape index (κ3) is 4.86. The Labute approximate surface area is 234 Å². The largest absolute Gasteiger partial charge is 0.381 e. The Morgan fingerprint density at radius 2 is 1.90 bits per heavy atom. The Balaban J connectivity index is 1.45. The van der Waals surface area contributed by atoms with Gasteiger partial charge in [0, 0.05) is 31.2 Å². The van der Waals surface area contributed by atoms with Crippen molar-refractivity contribution in [3.05, 3.63) is 118 Å². The van der Waals surface area contributed by atoms with Crippen LogP contribution in [-0.4, -0.2) is 35.0 Å². The molecule has 4 N–H and O–H groups in total. The molecule has 0 aliphatic carbocycles. The fraction of sp³-hybridized carbons (Fsp3) is 0.100. The van der Waals surface area contributed by atoms with Gasteiger partial charge in [-0.05, 0) is 42.6 Å². The zero-order valence-electron chi connectivity index (χ0n) is 22.2. The molecule has 0 fully saturated rings. The lowest BCUT2D eigenvalue weighted by molar-refractivity contribution is 0.0941. The Hall–Kier alpha value is -5.89. The molecule has 0 radical (unpaired) electrons. The molecule has 6 rings (SSSR count). The quantitative estimate of drug-likeness (QED) is 0.284. The van der Waals surface area contributed by atoms with Crippen LogP contribution in [0.4, 0.5) is 11.5 Å². The molecular formula is C30H25N9O2. The summed E-state index contributed by atoms with van der Waals surface area (Å²) in [7, 11) is 1.82. The maximum Gasteiger partial charge on any atom is 0.278 e. The number of anilines is 2. The number of pyridine rings is 1. The minimum Gasteiger partial charge on any atom is -0.381 e. The number of nitrogens with two attached hydrogens (primary N) is 1. The molecular weight excluding hydrogens is 518 g/mol. The zero-order chi connectivity index (χ0) is 28.5. The van der Waals surface area contributed by atoms with Crippen LogP contribution in [0.2, 0.25) is 0 Å². The third-order valence-electron chi connectivity index (χ3n) is 6.58. The van der Waals surface area contributed by atoms with Crippen molar-refractivity contribution >= 4 is 33.8 Å². The standard InChI is InChI=1S/C30H25N9O2/c1-19(34-29(40)26-27(31)36-38-15-7-14-32-28(26)38)24-16-22-9-6-8-21(13-12-20-17-33-37(2)18-20)25(22)30(41)39(24)35-23-10-4-3-5-11-23/h3-11,14-19,35H,1-2H3,(H2,31,36)(H,34,40)/t19-/m0/s1. The minimum absolute atomic E-state index is 0.0588. The number of hydrogen-bond acceptors (Lipinski definition) is 7. The van der Waals surface area contributed by atoms with E-state index in [-0.39, 0.29) is 16.9 Å². The minimum atomic E-state index is -0.612. The lowest BCUT2D eigenvalue weighted by atomic mass is 10.0. The molecule has 11 heteroatoms. The van der Waals surface area contributed by atoms with E-state index in [0.29, 0.717) is 33.4 Å². The number of aryl methyl sites for hydroxylation is 1. The van der Waals surface area contributed by atoms with Gasteiger partial charge in [0.2, 0.25) is 0 Å². The lowest BCUT2D eigenvalue weighted by Crippen LogP contribution is -2.36. The van der Waals surface area contributed by atoms with E-state index in [4.69, 9.17) is 5.73 Å². The van der Waals surface area contributed by atoms with Crippen LogP contribution in [-0.2, 0) is 7.05 Å². The average Bonchev–Trinajstić information content (AvgIpc) is 3.55. The van der Waals surface area contributed by atoms with Crippen LogP contribution in [0.1, 0.15) is 40.1 Å². The van der Waals surface area contributed by atoms with Crippen molar-refractivity contribution in [3.8, 4) is 11.8 Å². The van der Waals surface area contributed by atoms with Gasteiger partial charge in [0.25, 0.3) is 11.5 Å². The van der Waals surface area contributed by atoms with E-state index in [1.807, 2.05) is 67.8 Å². The van der Waals surface area contributed by atoms with Crippen LogP contribution < -0.4 is 22.0 Å². The summed E-state index contributed by atoms with van der Waals surface area (Å²) in [6.07, 6.45) is 6.71. The number of nitrogen functional groups attached to an aromatic ring is 1. The first kappa shape index (κ1) is 25.4. The van der Waals surface area contributed by atoms with Crippen molar-refractivity contribution in [3.63, 3.8) is 0 Å². The predicted molar refractivity (Wildman–Crippen MR) is 156 cm³/mol. The van der Waals surface area contributed by atoms with Crippen molar-refractivity contribution in [2.45, 2.75) is 13.0 Å². The number of fused-ring (bicyclic) bond motifs is 2. The summed E-state index contributed by atoms with van der Waals surface area (Å²) in [5, 5.41) is 12.4. The molecule has 0 saturated heterocycles. The van der Waals surface area contributed by atoms with Gasteiger partial charge in [0.1, 0.15) is 5.56 Å². The van der Waals surface area contributed by atoms with E-state index in [1.165, 1.54) is 9.19 Å². The Morgan fingerprint density at radius 1 is 1.07 bits per heavy atom. The molecule has 4 heterocycles. The van der Waals surface area contributed by atoms with Gasteiger partial charge < -0.3 is 11.1 Å². The number of rotatable bonds is 5. The number of hydrogen-bond donors (Lipinski definition) is 3. The van der Waals surface area contributed by atoms with E-state index in [9.17, 15) is 9.59 Å². The SMILES string of the molecule is C[C@H](NC(=O)c1c(N)nn2cccnc12)c1cc2cccc(C#Cc3cnn(C)c3)c2c(=O)n1Nc1ccccc1. The summed E-state index contributed by atoms with van der Waals surface area (Å²) in [6.45, 7) is 1.79. The number of nitrogens with zero attached hydrogens (tertiary/aromatic N) is 6. The summed E-state index contributed by atoms with van der Waals surface area (Å²) in [5.41, 5.74) is 12.0. The molecule has 1 amide bonds. The fourth-order valence-electron chi connectivity index (χ4n) is 4.65. The smallest absolute Gasteiger partial charge is 0.278 e. The molecule has 0 bridgehead atoms. The second-order valence-electron chi connectivity index (χ2n) is 9.45. The number of benzene rings is 2. The number of nitrogens with one attached hydrogen (secondary N) is 2. The van der Waals surface area contributed by atoms with Crippen molar-refractivity contribution < 1.29 is 4.79 Å². The maximum atomic E-state index is 14.1. The van der Waals surface area contributed by atoms with Crippen molar-refractivity contribution in [1.29, 1.82) is 0 Å². The average molecular weight is 544 g/mol. The van der Waals surface area contributed by atoms with Crippen LogP contribution >= 0.6 is 0 Å². The molecule has 11 nitrogen and oxygen atoms in total. The molecule has 2 aromatic carbocycles. The van der Waals surface area contributed by atoms with Crippen LogP contribution in [0.3, 0.4) is 0 Å². The summed E-state index contributed by atoms with van der Waals surface area (Å²) >= 11 is 0. The molecule has 0 aliphatic heterocycles. The van der Waals surface area contributed by atoms with E-state index in [1.54, 1.807) is 36.3 Å². The molecule has 1 atom stereocenters. The number of para-hydroxylation sites is 1. The number of aromatic nitrogens is 6. The maximum absolute atomic E-state index is 14.1. The van der Waals surface area contributed by atoms with Crippen LogP contribution in [0.25, 0.3) is 16.4 Å². The molecule has 0 spiro atoms. The number of amides is 1. The molecule has 41 heavy (non-hydrogen) atoms. The van der Waals surface area contributed by atoms with Gasteiger partial charge in [-0.3, -0.25) is 19.7 Å². The first-order valence-corrected chi connectivity index (χ1v) is 12.8. The highest BCUT2D eigenvalue weighted by molar-refractivity contribution is 6.04. The van der Waals surface area contributed by atoms with Gasteiger partial charge in [0.15, 0.2) is 11.5 Å². The number of carbonyl (C=O) groups is 1. The lowest BCUT2D eigenvalue weighted by Gasteiger charge is -2.22. The monoisotopic (exact) mass is 543 g/mol. The van der Waals surface area contributed by atoms with Crippen LogP contribution in [0.15, 0.2) is 90.2 Å². The first-order chi connectivity index (χ1) is 19.9. The summed E-state index contributed by atoms with van der Waals surface area (Å²) < 4.78 is 4.56. The second kappa shape index (κ2) is 10.3. The van der Waals surface area contributed by atoms with Gasteiger partial charge in [-0.2, -0.15) is 5.10 Å². The molecule has 6 aromatic rings. The van der Waals surface area contributed by atoms with Crippen molar-refractivity contribution in [2.75, 3.05) is 11.2 Å². The van der Waals surface area contributed by atoms with E-state index in [2.05, 4.69) is 37.8 Å². The summed E-state index contributed by atoms with van der Waals surface area (Å²) in [4.78, 5) is 31.8. The van der Waals surface area contributed by atoms with E-state index < -0.39 is 11.9 Å². The van der Waals surface area contributed by atoms with E-state index >= 15 is 0 Å². The Kier molecular flexibility index (Phi) is 6.41. The van der Waals surface area contributed by atoms with Crippen LogP contribution in [0, 0.1) is 11.8 Å². The normalized spacial score (nSPS) is 11.7. The predicted octanol–water partition coefficient (Wildman–Crippen LogP) is 3.13. The Morgan fingerprint density at radius 3 is 2.68 bits per heavy atom. The van der Waals surface area contributed by atoms with E-state index in [0.717, 1.165) is 5.56 Å².